The maximum absolute atomic E-state index is 12.0. The molecule has 0 radical (unpaired) electrons. The molecule has 0 aromatic heterocycles. The molecule has 1 saturated carbocycles. The molecule has 2 atom stereocenters. The second-order valence-corrected chi connectivity index (χ2v) is 6.07. The Labute approximate surface area is 98.1 Å². The Hall–Kier alpha value is -0.730. The lowest BCUT2D eigenvalue weighted by Crippen LogP contribution is -2.42. The van der Waals surface area contributed by atoms with Crippen molar-refractivity contribution in [3.8, 4) is 0 Å². The maximum atomic E-state index is 12.0. The molecule has 0 unspecified atom stereocenters. The van der Waals surface area contributed by atoms with Crippen LogP contribution in [0.3, 0.4) is 0 Å². The van der Waals surface area contributed by atoms with Gasteiger partial charge in [0.1, 0.15) is 5.60 Å². The number of carbonyl (C=O) groups is 1. The molecule has 1 aliphatic heterocycles. The van der Waals surface area contributed by atoms with Gasteiger partial charge in [-0.3, -0.25) is 0 Å². The number of ether oxygens (including phenoxy) is 1. The van der Waals surface area contributed by atoms with Gasteiger partial charge in [-0.2, -0.15) is 0 Å². The fourth-order valence-electron chi connectivity index (χ4n) is 2.95. The van der Waals surface area contributed by atoms with Crippen LogP contribution in [0.4, 0.5) is 4.79 Å². The Bertz CT molecular complexity index is 270. The normalized spacial score (nSPS) is 30.1. The lowest BCUT2D eigenvalue weighted by Gasteiger charge is -2.33. The van der Waals surface area contributed by atoms with Crippen molar-refractivity contribution in [2.75, 3.05) is 6.54 Å². The molecule has 0 spiro atoms. The zero-order valence-corrected chi connectivity index (χ0v) is 10.7. The van der Waals surface area contributed by atoms with E-state index < -0.39 is 0 Å². The molecule has 3 heteroatoms. The number of rotatable bonds is 0. The Balaban J connectivity index is 1.97. The highest BCUT2D eigenvalue weighted by molar-refractivity contribution is 5.69. The van der Waals surface area contributed by atoms with E-state index in [-0.39, 0.29) is 11.7 Å². The molecule has 0 aromatic rings. The molecule has 2 rings (SSSR count). The second kappa shape index (κ2) is 4.27. The van der Waals surface area contributed by atoms with E-state index in [1.54, 1.807) is 0 Å². The SMILES string of the molecule is CC(C)(C)OC(=O)N1CC[C@H]2CCCC[C@H]21. The predicted octanol–water partition coefficient (Wildman–Crippen LogP) is 3.19. The van der Waals surface area contributed by atoms with E-state index in [1.165, 1.54) is 32.1 Å². The van der Waals surface area contributed by atoms with Crippen molar-refractivity contribution in [2.24, 2.45) is 5.92 Å². The van der Waals surface area contributed by atoms with Crippen molar-refractivity contribution < 1.29 is 9.53 Å². The lowest BCUT2D eigenvalue weighted by molar-refractivity contribution is 0.0182. The highest BCUT2D eigenvalue weighted by atomic mass is 16.6. The van der Waals surface area contributed by atoms with Gasteiger partial charge in [-0.05, 0) is 46.0 Å². The summed E-state index contributed by atoms with van der Waals surface area (Å²) in [6.07, 6.45) is 6.13. The topological polar surface area (TPSA) is 29.5 Å². The average Bonchev–Trinajstić information content (AvgIpc) is 2.58. The van der Waals surface area contributed by atoms with Crippen LogP contribution in [0.1, 0.15) is 52.9 Å². The van der Waals surface area contributed by atoms with Crippen molar-refractivity contribution in [3.63, 3.8) is 0 Å². The van der Waals surface area contributed by atoms with E-state index in [9.17, 15) is 4.79 Å². The van der Waals surface area contributed by atoms with Gasteiger partial charge in [0, 0.05) is 12.6 Å². The third kappa shape index (κ3) is 2.50. The first-order valence-corrected chi connectivity index (χ1v) is 6.47. The Morgan fingerprint density at radius 1 is 1.19 bits per heavy atom. The van der Waals surface area contributed by atoms with Crippen molar-refractivity contribution in [2.45, 2.75) is 64.5 Å². The van der Waals surface area contributed by atoms with E-state index in [0.717, 1.165) is 12.5 Å². The summed E-state index contributed by atoms with van der Waals surface area (Å²) in [5.74, 6) is 0.737. The van der Waals surface area contributed by atoms with Gasteiger partial charge >= 0.3 is 6.09 Å². The summed E-state index contributed by atoms with van der Waals surface area (Å²) in [4.78, 5) is 14.0. The van der Waals surface area contributed by atoms with Crippen LogP contribution in [-0.2, 0) is 4.74 Å². The first-order valence-electron chi connectivity index (χ1n) is 6.47. The molecule has 0 bridgehead atoms. The predicted molar refractivity (Wildman–Crippen MR) is 63.3 cm³/mol. The van der Waals surface area contributed by atoms with Crippen LogP contribution in [0, 0.1) is 5.92 Å². The van der Waals surface area contributed by atoms with Crippen LogP contribution < -0.4 is 0 Å². The van der Waals surface area contributed by atoms with Gasteiger partial charge in [-0.15, -0.1) is 0 Å². The second-order valence-electron chi connectivity index (χ2n) is 6.07. The summed E-state index contributed by atoms with van der Waals surface area (Å²) in [5, 5.41) is 0. The average molecular weight is 225 g/mol. The number of nitrogens with zero attached hydrogens (tertiary/aromatic N) is 1. The first-order chi connectivity index (χ1) is 7.47. The standard InChI is InChI=1S/C13H23NO2/c1-13(2,3)16-12(15)14-9-8-10-6-4-5-7-11(10)14/h10-11H,4-9H2,1-3H3/t10-,11-/m1/s1. The van der Waals surface area contributed by atoms with Crippen LogP contribution in [0.5, 0.6) is 0 Å². The summed E-state index contributed by atoms with van der Waals surface area (Å²) in [6.45, 7) is 6.68. The smallest absolute Gasteiger partial charge is 0.410 e. The molecule has 3 nitrogen and oxygen atoms in total. The Kier molecular flexibility index (Phi) is 3.13. The third-order valence-corrected chi connectivity index (χ3v) is 3.64. The van der Waals surface area contributed by atoms with Crippen LogP contribution >= 0.6 is 0 Å². The van der Waals surface area contributed by atoms with Gasteiger partial charge in [-0.25, -0.2) is 4.79 Å². The van der Waals surface area contributed by atoms with Crippen molar-refractivity contribution in [1.82, 2.24) is 4.90 Å². The number of likely N-dealkylation sites (tertiary alicyclic amines) is 1. The molecular weight excluding hydrogens is 202 g/mol. The van der Waals surface area contributed by atoms with Gasteiger partial charge < -0.3 is 9.64 Å². The van der Waals surface area contributed by atoms with E-state index in [0.29, 0.717) is 6.04 Å². The summed E-state index contributed by atoms with van der Waals surface area (Å²) in [7, 11) is 0. The highest BCUT2D eigenvalue weighted by Crippen LogP contribution is 2.36. The molecule has 1 aliphatic carbocycles. The molecular formula is C13H23NO2. The molecule has 1 heterocycles. The molecule has 0 N–H and O–H groups in total. The monoisotopic (exact) mass is 225 g/mol. The van der Waals surface area contributed by atoms with Crippen LogP contribution in [0.25, 0.3) is 0 Å². The van der Waals surface area contributed by atoms with E-state index in [1.807, 2.05) is 25.7 Å². The molecule has 0 aromatic carbocycles. The summed E-state index contributed by atoms with van der Waals surface area (Å²) >= 11 is 0. The van der Waals surface area contributed by atoms with E-state index in [4.69, 9.17) is 4.74 Å². The minimum atomic E-state index is -0.371. The fourth-order valence-corrected chi connectivity index (χ4v) is 2.95. The number of hydrogen-bond donors (Lipinski definition) is 0. The van der Waals surface area contributed by atoms with Crippen molar-refractivity contribution in [3.05, 3.63) is 0 Å². The zero-order valence-electron chi connectivity index (χ0n) is 10.7. The summed E-state index contributed by atoms with van der Waals surface area (Å²) in [5.41, 5.74) is -0.371. The molecule has 2 aliphatic rings. The van der Waals surface area contributed by atoms with Gasteiger partial charge in [-0.1, -0.05) is 12.8 Å². The van der Waals surface area contributed by atoms with Crippen LogP contribution in [0.15, 0.2) is 0 Å². The van der Waals surface area contributed by atoms with Gasteiger partial charge in [0.2, 0.25) is 0 Å². The minimum Gasteiger partial charge on any atom is -0.444 e. The van der Waals surface area contributed by atoms with Gasteiger partial charge in [0.25, 0.3) is 0 Å². The zero-order chi connectivity index (χ0) is 11.8. The molecule has 1 amide bonds. The van der Waals surface area contributed by atoms with Crippen LogP contribution in [0.2, 0.25) is 0 Å². The van der Waals surface area contributed by atoms with E-state index in [2.05, 4.69) is 0 Å². The maximum Gasteiger partial charge on any atom is 0.410 e. The first kappa shape index (κ1) is 11.7. The van der Waals surface area contributed by atoms with Gasteiger partial charge in [0.05, 0.1) is 0 Å². The Morgan fingerprint density at radius 2 is 1.88 bits per heavy atom. The molecule has 2 fully saturated rings. The largest absolute Gasteiger partial charge is 0.444 e. The number of carbonyl (C=O) groups excluding carboxylic acids is 1. The molecule has 92 valence electrons. The van der Waals surface area contributed by atoms with Crippen molar-refractivity contribution in [1.29, 1.82) is 0 Å². The van der Waals surface area contributed by atoms with E-state index >= 15 is 0 Å². The highest BCUT2D eigenvalue weighted by Gasteiger charge is 2.39. The fraction of sp³-hybridized carbons (Fsp3) is 0.923. The number of hydrogen-bond acceptors (Lipinski definition) is 2. The quantitative estimate of drug-likeness (QED) is 0.633. The van der Waals surface area contributed by atoms with Gasteiger partial charge in [0.15, 0.2) is 0 Å². The summed E-state index contributed by atoms with van der Waals surface area (Å²) < 4.78 is 5.46. The lowest BCUT2D eigenvalue weighted by atomic mass is 9.85. The van der Waals surface area contributed by atoms with Crippen LogP contribution in [-0.4, -0.2) is 29.2 Å². The molecule has 1 saturated heterocycles. The van der Waals surface area contributed by atoms with Crippen molar-refractivity contribution >= 4 is 6.09 Å². The Morgan fingerprint density at radius 3 is 2.56 bits per heavy atom. The third-order valence-electron chi connectivity index (χ3n) is 3.64. The number of fused-ring (bicyclic) bond motifs is 1. The summed E-state index contributed by atoms with van der Waals surface area (Å²) in [6, 6.07) is 0.462. The minimum absolute atomic E-state index is 0.109. The number of amides is 1. The molecule has 16 heavy (non-hydrogen) atoms.